The summed E-state index contributed by atoms with van der Waals surface area (Å²) >= 11 is 12.0. The molecule has 1 atom stereocenters. The van der Waals surface area contributed by atoms with E-state index in [-0.39, 0.29) is 4.90 Å². The quantitative estimate of drug-likeness (QED) is 0.818. The lowest BCUT2D eigenvalue weighted by molar-refractivity contribution is 0.363. The second-order valence-electron chi connectivity index (χ2n) is 5.88. The molecule has 130 valence electrons. The Balaban J connectivity index is 2.38. The lowest BCUT2D eigenvalue weighted by Gasteiger charge is -2.23. The summed E-state index contributed by atoms with van der Waals surface area (Å²) in [5.74, 6) is 0. The summed E-state index contributed by atoms with van der Waals surface area (Å²) in [6.07, 6.45) is 0. The lowest BCUT2D eigenvalue weighted by atomic mass is 10.1. The summed E-state index contributed by atoms with van der Waals surface area (Å²) in [6.45, 7) is 2.26. The van der Waals surface area contributed by atoms with Crippen molar-refractivity contribution in [1.29, 1.82) is 0 Å². The van der Waals surface area contributed by atoms with E-state index >= 15 is 0 Å². The fourth-order valence-corrected chi connectivity index (χ4v) is 4.18. The molecule has 2 rings (SSSR count). The Bertz CT molecular complexity index is 823. The Morgan fingerprint density at radius 3 is 2.33 bits per heavy atom. The van der Waals surface area contributed by atoms with Crippen LogP contribution in [0.15, 0.2) is 47.4 Å². The molecule has 0 heterocycles. The molecule has 1 unspecified atom stereocenters. The summed E-state index contributed by atoms with van der Waals surface area (Å²) in [5, 5.41) is 0.832. The molecular weight excluding hydrogens is 367 g/mol. The average Bonchev–Trinajstić information content (AvgIpc) is 2.49. The first-order valence-electron chi connectivity index (χ1n) is 7.38. The van der Waals surface area contributed by atoms with Gasteiger partial charge in [0.15, 0.2) is 0 Å². The minimum atomic E-state index is -3.66. The molecule has 0 spiro atoms. The van der Waals surface area contributed by atoms with Crippen LogP contribution in [0.3, 0.4) is 0 Å². The zero-order chi connectivity index (χ0) is 17.9. The van der Waals surface area contributed by atoms with Gasteiger partial charge in [0, 0.05) is 6.54 Å². The number of nitrogens with one attached hydrogen (secondary N) is 1. The highest BCUT2D eigenvalue weighted by molar-refractivity contribution is 7.89. The molecule has 0 radical (unpaired) electrons. The van der Waals surface area contributed by atoms with Gasteiger partial charge in [-0.3, -0.25) is 0 Å². The molecular formula is C17H20Cl2N2O2S. The molecule has 7 heteroatoms. The van der Waals surface area contributed by atoms with Gasteiger partial charge in [-0.05, 0) is 50.3 Å². The normalized spacial score (nSPS) is 13.2. The number of hydrogen-bond acceptors (Lipinski definition) is 3. The van der Waals surface area contributed by atoms with E-state index in [1.807, 2.05) is 25.1 Å². The third-order valence-corrected chi connectivity index (χ3v) is 5.95. The number of sulfonamides is 1. The summed E-state index contributed by atoms with van der Waals surface area (Å²) in [6, 6.07) is 11.6. The molecule has 0 saturated heterocycles. The monoisotopic (exact) mass is 386 g/mol. The highest BCUT2D eigenvalue weighted by Gasteiger charge is 2.23. The first-order valence-corrected chi connectivity index (χ1v) is 9.62. The SMILES string of the molecule is Cc1ccccc1S(=O)(=O)NC(CN(C)C)c1ccc(Cl)c(Cl)c1. The number of nitrogens with zero attached hydrogens (tertiary/aromatic N) is 1. The van der Waals surface area contributed by atoms with Gasteiger partial charge in [0.05, 0.1) is 21.0 Å². The summed E-state index contributed by atoms with van der Waals surface area (Å²) in [5.41, 5.74) is 1.46. The fourth-order valence-electron chi connectivity index (χ4n) is 2.41. The van der Waals surface area contributed by atoms with E-state index in [4.69, 9.17) is 23.2 Å². The van der Waals surface area contributed by atoms with Crippen molar-refractivity contribution in [2.75, 3.05) is 20.6 Å². The van der Waals surface area contributed by atoms with Gasteiger partial charge < -0.3 is 4.90 Å². The Morgan fingerprint density at radius 2 is 1.75 bits per heavy atom. The first kappa shape index (κ1) is 19.2. The minimum absolute atomic E-state index is 0.272. The highest BCUT2D eigenvalue weighted by Crippen LogP contribution is 2.27. The van der Waals surface area contributed by atoms with Crippen molar-refractivity contribution in [2.24, 2.45) is 0 Å². The second kappa shape index (κ2) is 7.85. The van der Waals surface area contributed by atoms with Crippen LogP contribution in [0.1, 0.15) is 17.2 Å². The second-order valence-corrected chi connectivity index (χ2v) is 8.37. The molecule has 2 aromatic carbocycles. The smallest absolute Gasteiger partial charge is 0.241 e. The first-order chi connectivity index (χ1) is 11.2. The van der Waals surface area contributed by atoms with E-state index in [2.05, 4.69) is 4.72 Å². The number of halogens is 2. The Kier molecular flexibility index (Phi) is 6.28. The van der Waals surface area contributed by atoms with E-state index < -0.39 is 16.1 Å². The molecule has 24 heavy (non-hydrogen) atoms. The van der Waals surface area contributed by atoms with Crippen molar-refractivity contribution in [1.82, 2.24) is 9.62 Å². The van der Waals surface area contributed by atoms with Gasteiger partial charge in [0.1, 0.15) is 0 Å². The Morgan fingerprint density at radius 1 is 1.08 bits per heavy atom. The predicted octanol–water partition coefficient (Wildman–Crippen LogP) is 3.88. The topological polar surface area (TPSA) is 49.4 Å². The van der Waals surface area contributed by atoms with Gasteiger partial charge in [-0.2, -0.15) is 0 Å². The van der Waals surface area contributed by atoms with Crippen molar-refractivity contribution < 1.29 is 8.42 Å². The van der Waals surface area contributed by atoms with Crippen molar-refractivity contribution in [2.45, 2.75) is 17.9 Å². The average molecular weight is 387 g/mol. The molecule has 1 N–H and O–H groups in total. The number of hydrogen-bond donors (Lipinski definition) is 1. The molecule has 0 saturated carbocycles. The Hall–Kier alpha value is -1.11. The van der Waals surface area contributed by atoms with Gasteiger partial charge in [-0.15, -0.1) is 0 Å². The molecule has 0 aromatic heterocycles. The standard InChI is InChI=1S/C17H20Cl2N2O2S/c1-12-6-4-5-7-17(12)24(22,23)20-16(11-21(2)3)13-8-9-14(18)15(19)10-13/h4-10,16,20H,11H2,1-3H3. The van der Waals surface area contributed by atoms with Crippen LogP contribution < -0.4 is 4.72 Å². The maximum Gasteiger partial charge on any atom is 0.241 e. The molecule has 0 aliphatic carbocycles. The van der Waals surface area contributed by atoms with Crippen LogP contribution in [0.2, 0.25) is 10.0 Å². The summed E-state index contributed by atoms with van der Waals surface area (Å²) in [4.78, 5) is 2.18. The lowest BCUT2D eigenvalue weighted by Crippen LogP contribution is -2.35. The van der Waals surface area contributed by atoms with E-state index in [1.165, 1.54) is 0 Å². The van der Waals surface area contributed by atoms with Gasteiger partial charge in [0.25, 0.3) is 0 Å². The highest BCUT2D eigenvalue weighted by atomic mass is 35.5. The van der Waals surface area contributed by atoms with Crippen molar-refractivity contribution in [3.05, 3.63) is 63.6 Å². The summed E-state index contributed by atoms with van der Waals surface area (Å²) in [7, 11) is 0.103. The van der Waals surface area contributed by atoms with Crippen LogP contribution in [0.5, 0.6) is 0 Å². The van der Waals surface area contributed by atoms with Gasteiger partial charge in [-0.1, -0.05) is 47.5 Å². The maximum absolute atomic E-state index is 12.8. The van der Waals surface area contributed by atoms with Gasteiger partial charge in [-0.25, -0.2) is 13.1 Å². The van der Waals surface area contributed by atoms with Crippen molar-refractivity contribution in [3.63, 3.8) is 0 Å². The zero-order valence-corrected chi connectivity index (χ0v) is 16.1. The van der Waals surface area contributed by atoms with E-state index in [1.54, 1.807) is 43.3 Å². The zero-order valence-electron chi connectivity index (χ0n) is 13.8. The number of aryl methyl sites for hydroxylation is 1. The number of benzene rings is 2. The maximum atomic E-state index is 12.8. The summed E-state index contributed by atoms with van der Waals surface area (Å²) < 4.78 is 28.3. The van der Waals surface area contributed by atoms with Crippen LogP contribution in [-0.2, 0) is 10.0 Å². The van der Waals surface area contributed by atoms with Crippen LogP contribution in [0.4, 0.5) is 0 Å². The molecule has 0 aliphatic heterocycles. The van der Waals surface area contributed by atoms with Crippen LogP contribution in [0.25, 0.3) is 0 Å². The van der Waals surface area contributed by atoms with E-state index in [9.17, 15) is 8.42 Å². The number of rotatable bonds is 6. The third kappa shape index (κ3) is 4.71. The molecule has 4 nitrogen and oxygen atoms in total. The van der Waals surface area contributed by atoms with Crippen LogP contribution >= 0.6 is 23.2 Å². The minimum Gasteiger partial charge on any atom is -0.307 e. The third-order valence-electron chi connectivity index (χ3n) is 3.57. The molecule has 0 amide bonds. The van der Waals surface area contributed by atoms with Gasteiger partial charge in [0.2, 0.25) is 10.0 Å². The fraction of sp³-hybridized carbons (Fsp3) is 0.294. The predicted molar refractivity (Wildman–Crippen MR) is 99.3 cm³/mol. The Labute approximate surface area is 153 Å². The number of likely N-dealkylation sites (N-methyl/N-ethyl adjacent to an activating group) is 1. The molecule has 0 bridgehead atoms. The van der Waals surface area contributed by atoms with Crippen molar-refractivity contribution in [3.8, 4) is 0 Å². The van der Waals surface area contributed by atoms with Gasteiger partial charge >= 0.3 is 0 Å². The van der Waals surface area contributed by atoms with Crippen molar-refractivity contribution >= 4 is 33.2 Å². The van der Waals surface area contributed by atoms with Crippen LogP contribution in [-0.4, -0.2) is 34.0 Å². The molecule has 0 aliphatic rings. The van der Waals surface area contributed by atoms with E-state index in [0.717, 1.165) is 5.56 Å². The van der Waals surface area contributed by atoms with E-state index in [0.29, 0.717) is 22.2 Å². The van der Waals surface area contributed by atoms with Crippen LogP contribution in [0, 0.1) is 6.92 Å². The molecule has 2 aromatic rings. The molecule has 0 fully saturated rings. The largest absolute Gasteiger partial charge is 0.307 e.